The van der Waals surface area contributed by atoms with Crippen molar-refractivity contribution in [1.82, 2.24) is 0 Å². The summed E-state index contributed by atoms with van der Waals surface area (Å²) in [6.45, 7) is 6.36. The third-order valence-electron chi connectivity index (χ3n) is 5.61. The van der Waals surface area contributed by atoms with E-state index >= 15 is 0 Å². The lowest BCUT2D eigenvalue weighted by molar-refractivity contribution is -0.688. The standard InChI is InChI=1S/C26H24NO2/c1-17-11-22-14-23(26(29)24(22)12-18(17)2)13-21-9-10-27(16-25(21)19(3)28)15-20-7-5-4-6-8-20/h4-13,16H,14-15H2,1-3H3/q+1/b23-13+. The van der Waals surface area contributed by atoms with Gasteiger partial charge in [0.05, 0.1) is 5.56 Å². The van der Waals surface area contributed by atoms with E-state index < -0.39 is 0 Å². The number of carbonyl (C=O) groups is 2. The summed E-state index contributed by atoms with van der Waals surface area (Å²) in [5.41, 5.74) is 7.54. The molecule has 1 aliphatic rings. The molecule has 4 rings (SSSR count). The summed E-state index contributed by atoms with van der Waals surface area (Å²) in [7, 11) is 0. The summed E-state index contributed by atoms with van der Waals surface area (Å²) in [6, 6.07) is 16.2. The van der Waals surface area contributed by atoms with Crippen molar-refractivity contribution in [3.63, 3.8) is 0 Å². The molecular weight excluding hydrogens is 358 g/mol. The maximum absolute atomic E-state index is 12.9. The van der Waals surface area contributed by atoms with Crippen molar-refractivity contribution in [3.05, 3.63) is 105 Å². The molecule has 0 atom stereocenters. The van der Waals surface area contributed by atoms with E-state index in [0.29, 0.717) is 18.5 Å². The Balaban J connectivity index is 1.68. The zero-order chi connectivity index (χ0) is 20.5. The molecule has 1 aliphatic carbocycles. The van der Waals surface area contributed by atoms with Gasteiger partial charge in [0.25, 0.3) is 0 Å². The van der Waals surface area contributed by atoms with Crippen molar-refractivity contribution >= 4 is 17.6 Å². The van der Waals surface area contributed by atoms with Gasteiger partial charge in [0.1, 0.15) is 0 Å². The Morgan fingerprint density at radius 1 is 1.07 bits per heavy atom. The Hall–Kier alpha value is -3.33. The topological polar surface area (TPSA) is 38.0 Å². The molecule has 0 aliphatic heterocycles. The van der Waals surface area contributed by atoms with Gasteiger partial charge in [0, 0.05) is 29.2 Å². The van der Waals surface area contributed by atoms with E-state index in [-0.39, 0.29) is 11.6 Å². The molecule has 0 radical (unpaired) electrons. The Bertz CT molecular complexity index is 1160. The van der Waals surface area contributed by atoms with Gasteiger partial charge in [-0.05, 0) is 55.2 Å². The summed E-state index contributed by atoms with van der Waals surface area (Å²) in [5, 5.41) is 0. The number of rotatable bonds is 4. The maximum Gasteiger partial charge on any atom is 0.189 e. The zero-order valence-electron chi connectivity index (χ0n) is 17.0. The first-order valence-corrected chi connectivity index (χ1v) is 9.85. The first-order chi connectivity index (χ1) is 13.9. The van der Waals surface area contributed by atoms with Gasteiger partial charge in [-0.3, -0.25) is 9.59 Å². The molecule has 1 aromatic heterocycles. The molecule has 0 bridgehead atoms. The SMILES string of the molecule is CC(=O)c1c[n+](Cc2ccccc2)ccc1/C=C1\Cc2cc(C)c(C)cc2C1=O. The van der Waals surface area contributed by atoms with Crippen LogP contribution in [0.3, 0.4) is 0 Å². The lowest BCUT2D eigenvalue weighted by atomic mass is 10.0. The first kappa shape index (κ1) is 19.0. The molecule has 0 fully saturated rings. The summed E-state index contributed by atoms with van der Waals surface area (Å²) in [5.74, 6) is 0.0625. The van der Waals surface area contributed by atoms with Gasteiger partial charge >= 0.3 is 0 Å². The number of hydrogen-bond donors (Lipinski definition) is 0. The normalized spacial score (nSPS) is 14.3. The van der Waals surface area contributed by atoms with E-state index in [2.05, 4.69) is 25.1 Å². The lowest BCUT2D eigenvalue weighted by Gasteiger charge is -2.04. The van der Waals surface area contributed by atoms with Crippen LogP contribution in [0.2, 0.25) is 0 Å². The van der Waals surface area contributed by atoms with Gasteiger partial charge in [-0.15, -0.1) is 0 Å². The predicted molar refractivity (Wildman–Crippen MR) is 114 cm³/mol. The third-order valence-corrected chi connectivity index (χ3v) is 5.61. The van der Waals surface area contributed by atoms with Crippen LogP contribution in [0.4, 0.5) is 0 Å². The van der Waals surface area contributed by atoms with Gasteiger partial charge in [0.15, 0.2) is 30.5 Å². The Morgan fingerprint density at radius 2 is 1.79 bits per heavy atom. The quantitative estimate of drug-likeness (QED) is 0.374. The van der Waals surface area contributed by atoms with Crippen molar-refractivity contribution in [2.45, 2.75) is 33.7 Å². The molecule has 0 spiro atoms. The molecular formula is C26H24NO2+. The molecule has 0 saturated carbocycles. The molecule has 0 unspecified atom stereocenters. The van der Waals surface area contributed by atoms with Crippen LogP contribution in [0.5, 0.6) is 0 Å². The van der Waals surface area contributed by atoms with E-state index in [4.69, 9.17) is 0 Å². The molecule has 2 aromatic carbocycles. The largest absolute Gasteiger partial charge is 0.294 e. The summed E-state index contributed by atoms with van der Waals surface area (Å²) >= 11 is 0. The molecule has 3 aromatic rings. The van der Waals surface area contributed by atoms with Crippen LogP contribution in [0.15, 0.2) is 66.5 Å². The highest BCUT2D eigenvalue weighted by Crippen LogP contribution is 2.30. The minimum absolute atomic E-state index is 0.00564. The number of aryl methyl sites for hydroxylation is 2. The molecule has 3 nitrogen and oxygen atoms in total. The Kier molecular flexibility index (Phi) is 4.98. The minimum atomic E-state index is -0.00564. The second kappa shape index (κ2) is 7.59. The van der Waals surface area contributed by atoms with Crippen LogP contribution >= 0.6 is 0 Å². The number of benzene rings is 2. The smallest absolute Gasteiger partial charge is 0.189 e. The van der Waals surface area contributed by atoms with Crippen LogP contribution in [-0.2, 0) is 13.0 Å². The van der Waals surface area contributed by atoms with Gasteiger partial charge in [-0.1, -0.05) is 36.4 Å². The molecule has 1 heterocycles. The van der Waals surface area contributed by atoms with Crippen molar-refractivity contribution in [3.8, 4) is 0 Å². The average molecular weight is 382 g/mol. The predicted octanol–water partition coefficient (Wildman–Crippen LogP) is 4.66. The van der Waals surface area contributed by atoms with E-state index in [1.807, 2.05) is 60.3 Å². The highest BCUT2D eigenvalue weighted by atomic mass is 16.1. The van der Waals surface area contributed by atoms with Crippen molar-refractivity contribution in [2.24, 2.45) is 0 Å². The van der Waals surface area contributed by atoms with Crippen molar-refractivity contribution < 1.29 is 14.2 Å². The highest BCUT2D eigenvalue weighted by Gasteiger charge is 2.26. The van der Waals surface area contributed by atoms with E-state index in [9.17, 15) is 9.59 Å². The summed E-state index contributed by atoms with van der Waals surface area (Å²) < 4.78 is 2.01. The average Bonchev–Trinajstić information content (AvgIpc) is 2.99. The number of allylic oxidation sites excluding steroid dienone is 1. The molecule has 0 amide bonds. The van der Waals surface area contributed by atoms with Crippen LogP contribution in [0.25, 0.3) is 6.08 Å². The zero-order valence-corrected chi connectivity index (χ0v) is 17.0. The van der Waals surface area contributed by atoms with Crippen LogP contribution < -0.4 is 4.57 Å². The monoisotopic (exact) mass is 382 g/mol. The van der Waals surface area contributed by atoms with Gasteiger partial charge in [-0.25, -0.2) is 4.57 Å². The van der Waals surface area contributed by atoms with Gasteiger partial charge in [0.2, 0.25) is 0 Å². The van der Waals surface area contributed by atoms with Crippen LogP contribution in [-0.4, -0.2) is 11.6 Å². The van der Waals surface area contributed by atoms with Crippen molar-refractivity contribution in [1.29, 1.82) is 0 Å². The number of pyridine rings is 1. The molecule has 0 saturated heterocycles. The number of aromatic nitrogens is 1. The lowest BCUT2D eigenvalue weighted by Crippen LogP contribution is -2.34. The van der Waals surface area contributed by atoms with E-state index in [0.717, 1.165) is 27.8 Å². The van der Waals surface area contributed by atoms with E-state index in [1.165, 1.54) is 11.1 Å². The number of ketones is 2. The number of nitrogens with zero attached hydrogens (tertiary/aromatic N) is 1. The molecule has 0 N–H and O–H groups in total. The van der Waals surface area contributed by atoms with Gasteiger partial charge < -0.3 is 0 Å². The minimum Gasteiger partial charge on any atom is -0.294 e. The van der Waals surface area contributed by atoms with E-state index in [1.54, 1.807) is 6.92 Å². The van der Waals surface area contributed by atoms with Gasteiger partial charge in [-0.2, -0.15) is 0 Å². The molecule has 144 valence electrons. The number of hydrogen-bond acceptors (Lipinski definition) is 2. The molecule has 3 heteroatoms. The second-order valence-electron chi connectivity index (χ2n) is 7.80. The second-order valence-corrected chi connectivity index (χ2v) is 7.80. The molecule has 29 heavy (non-hydrogen) atoms. The fourth-order valence-corrected chi connectivity index (χ4v) is 3.86. The first-order valence-electron chi connectivity index (χ1n) is 9.85. The third kappa shape index (κ3) is 3.81. The Labute approximate surface area is 171 Å². The summed E-state index contributed by atoms with van der Waals surface area (Å²) in [4.78, 5) is 25.2. The number of Topliss-reactive ketones (excluding diaryl/α,β-unsaturated/α-hetero) is 2. The summed E-state index contributed by atoms with van der Waals surface area (Å²) in [6.07, 6.45) is 6.34. The fraction of sp³-hybridized carbons (Fsp3) is 0.192. The fourth-order valence-electron chi connectivity index (χ4n) is 3.86. The van der Waals surface area contributed by atoms with Crippen LogP contribution in [0.1, 0.15) is 55.5 Å². The maximum atomic E-state index is 12.9. The van der Waals surface area contributed by atoms with Crippen molar-refractivity contribution in [2.75, 3.05) is 0 Å². The number of carbonyl (C=O) groups excluding carboxylic acids is 2. The number of fused-ring (bicyclic) bond motifs is 1. The highest BCUT2D eigenvalue weighted by molar-refractivity contribution is 6.16. The van der Waals surface area contributed by atoms with Crippen LogP contribution in [0, 0.1) is 13.8 Å². The Morgan fingerprint density at radius 3 is 2.52 bits per heavy atom.